The quantitative estimate of drug-likeness (QED) is 0.859. The second-order valence-corrected chi connectivity index (χ2v) is 8.08. The van der Waals surface area contributed by atoms with Crippen LogP contribution in [0.4, 0.5) is 5.69 Å². The van der Waals surface area contributed by atoms with E-state index in [1.807, 2.05) is 0 Å². The van der Waals surface area contributed by atoms with Gasteiger partial charge in [-0.15, -0.1) is 0 Å². The van der Waals surface area contributed by atoms with Gasteiger partial charge in [-0.1, -0.05) is 17.7 Å². The second kappa shape index (κ2) is 7.23. The molecule has 0 atom stereocenters. The first-order chi connectivity index (χ1) is 11.1. The number of benzene rings is 1. The topological polar surface area (TPSA) is 15.3 Å². The van der Waals surface area contributed by atoms with Gasteiger partial charge in [0.2, 0.25) is 0 Å². The van der Waals surface area contributed by atoms with Crippen LogP contribution < -0.4 is 10.2 Å². The van der Waals surface area contributed by atoms with E-state index in [1.54, 1.807) is 0 Å². The molecule has 1 aromatic rings. The molecule has 1 saturated carbocycles. The first kappa shape index (κ1) is 16.8. The van der Waals surface area contributed by atoms with E-state index in [0.717, 1.165) is 12.0 Å². The van der Waals surface area contributed by atoms with Crippen LogP contribution in [-0.2, 0) is 0 Å². The van der Waals surface area contributed by atoms with Gasteiger partial charge in [0.15, 0.2) is 0 Å². The molecule has 0 radical (unpaired) electrons. The molecule has 3 rings (SSSR count). The second-order valence-electron chi connectivity index (χ2n) is 8.08. The van der Waals surface area contributed by atoms with E-state index in [9.17, 15) is 0 Å². The molecule has 1 heterocycles. The normalized spacial score (nSPS) is 27.9. The number of rotatable bonds is 4. The number of quaternary nitrogens is 1. The van der Waals surface area contributed by atoms with Crippen molar-refractivity contribution in [2.45, 2.75) is 38.6 Å². The van der Waals surface area contributed by atoms with Crippen LogP contribution >= 0.6 is 0 Å². The van der Waals surface area contributed by atoms with Crippen molar-refractivity contribution in [2.75, 3.05) is 51.7 Å². The van der Waals surface area contributed by atoms with Crippen LogP contribution in [0.1, 0.15) is 31.2 Å². The van der Waals surface area contributed by atoms with E-state index in [1.165, 1.54) is 74.1 Å². The van der Waals surface area contributed by atoms with Crippen molar-refractivity contribution in [3.05, 3.63) is 29.8 Å². The number of aryl methyl sites for hydroxylation is 1. The third kappa shape index (κ3) is 4.27. The van der Waals surface area contributed by atoms with Gasteiger partial charge in [0.25, 0.3) is 0 Å². The van der Waals surface area contributed by atoms with Gasteiger partial charge >= 0.3 is 0 Å². The lowest BCUT2D eigenvalue weighted by Gasteiger charge is -2.45. The van der Waals surface area contributed by atoms with E-state index >= 15 is 0 Å². The fourth-order valence-corrected chi connectivity index (χ4v) is 4.40. The van der Waals surface area contributed by atoms with Crippen LogP contribution in [0.15, 0.2) is 24.3 Å². The number of likely N-dealkylation sites (N-methyl/N-ethyl adjacent to an activating group) is 1. The van der Waals surface area contributed by atoms with Crippen molar-refractivity contribution < 1.29 is 4.48 Å². The summed E-state index contributed by atoms with van der Waals surface area (Å²) in [6.45, 7) is 8.53. The Kier molecular flexibility index (Phi) is 5.27. The van der Waals surface area contributed by atoms with Gasteiger partial charge in [0.05, 0.1) is 39.8 Å². The Bertz CT molecular complexity index is 480. The molecular formula is C20H34N3+. The maximum atomic E-state index is 3.45. The fraction of sp³-hybridized carbons (Fsp3) is 0.700. The maximum Gasteiger partial charge on any atom is 0.0963 e. The molecular weight excluding hydrogens is 282 g/mol. The van der Waals surface area contributed by atoms with Crippen molar-refractivity contribution in [3.8, 4) is 0 Å². The molecule has 0 spiro atoms. The van der Waals surface area contributed by atoms with Gasteiger partial charge in [0, 0.05) is 17.6 Å². The number of piperazine rings is 1. The van der Waals surface area contributed by atoms with Crippen molar-refractivity contribution >= 4 is 5.69 Å². The molecule has 3 heteroatoms. The molecule has 23 heavy (non-hydrogen) atoms. The Hall–Kier alpha value is -1.06. The maximum absolute atomic E-state index is 3.45. The molecule has 1 aliphatic heterocycles. The summed E-state index contributed by atoms with van der Waals surface area (Å²) < 4.78 is 1.28. The molecule has 128 valence electrons. The lowest BCUT2D eigenvalue weighted by Crippen LogP contribution is -2.59. The Morgan fingerprint density at radius 2 is 1.65 bits per heavy atom. The zero-order valence-electron chi connectivity index (χ0n) is 15.2. The van der Waals surface area contributed by atoms with Crippen molar-refractivity contribution in [1.29, 1.82) is 0 Å². The lowest BCUT2D eigenvalue weighted by atomic mass is 9.85. The molecule has 2 fully saturated rings. The summed E-state index contributed by atoms with van der Waals surface area (Å²) in [6, 6.07) is 9.81. The van der Waals surface area contributed by atoms with Crippen molar-refractivity contribution in [3.63, 3.8) is 0 Å². The van der Waals surface area contributed by atoms with E-state index in [4.69, 9.17) is 0 Å². The van der Waals surface area contributed by atoms with Crippen LogP contribution in [0.2, 0.25) is 0 Å². The first-order valence-corrected chi connectivity index (χ1v) is 9.40. The summed E-state index contributed by atoms with van der Waals surface area (Å²) in [5, 5.41) is 3.45. The van der Waals surface area contributed by atoms with Crippen LogP contribution in [0, 0.1) is 12.8 Å². The van der Waals surface area contributed by atoms with Crippen LogP contribution in [0.25, 0.3) is 0 Å². The molecule has 1 N–H and O–H groups in total. The molecule has 1 saturated heterocycles. The monoisotopic (exact) mass is 316 g/mol. The van der Waals surface area contributed by atoms with Gasteiger partial charge in [-0.2, -0.15) is 0 Å². The number of nitrogens with zero attached hydrogens (tertiary/aromatic N) is 2. The third-order valence-electron chi connectivity index (χ3n) is 6.17. The van der Waals surface area contributed by atoms with Gasteiger partial charge < -0.3 is 14.7 Å². The standard InChI is InChI=1S/C20H34N3/c1-17-4-10-20(11-5-17)22-12-14-23(3,15-13-22)16-18-6-8-19(21-2)9-7-18/h4-5,10-11,18-19,21H,6-9,12-16H2,1-3H3/q+1. The predicted octanol–water partition coefficient (Wildman–Crippen LogP) is 3.04. The smallest absolute Gasteiger partial charge is 0.0963 e. The van der Waals surface area contributed by atoms with Crippen LogP contribution in [0.5, 0.6) is 0 Å². The highest BCUT2D eigenvalue weighted by Gasteiger charge is 2.33. The summed E-state index contributed by atoms with van der Waals surface area (Å²) in [4.78, 5) is 2.57. The highest BCUT2D eigenvalue weighted by atomic mass is 15.4. The van der Waals surface area contributed by atoms with E-state index in [0.29, 0.717) is 0 Å². The molecule has 2 aliphatic rings. The highest BCUT2D eigenvalue weighted by Crippen LogP contribution is 2.28. The summed E-state index contributed by atoms with van der Waals surface area (Å²) in [7, 11) is 4.60. The van der Waals surface area contributed by atoms with Crippen molar-refractivity contribution in [1.82, 2.24) is 5.32 Å². The number of hydrogen-bond acceptors (Lipinski definition) is 2. The molecule has 1 aliphatic carbocycles. The summed E-state index contributed by atoms with van der Waals surface area (Å²) in [6.07, 6.45) is 5.58. The number of nitrogens with one attached hydrogen (secondary N) is 1. The average molecular weight is 317 g/mol. The van der Waals surface area contributed by atoms with Gasteiger partial charge in [-0.3, -0.25) is 0 Å². The van der Waals surface area contributed by atoms with E-state index in [2.05, 4.69) is 55.5 Å². The van der Waals surface area contributed by atoms with Gasteiger partial charge in [-0.25, -0.2) is 0 Å². The van der Waals surface area contributed by atoms with Gasteiger partial charge in [0.1, 0.15) is 0 Å². The average Bonchev–Trinajstić information content (AvgIpc) is 2.57. The van der Waals surface area contributed by atoms with Crippen LogP contribution in [-0.4, -0.2) is 57.3 Å². The first-order valence-electron chi connectivity index (χ1n) is 9.40. The van der Waals surface area contributed by atoms with Gasteiger partial charge in [-0.05, 0) is 51.8 Å². The van der Waals surface area contributed by atoms with Crippen LogP contribution in [0.3, 0.4) is 0 Å². The largest absolute Gasteiger partial charge is 0.360 e. The molecule has 1 aromatic carbocycles. The highest BCUT2D eigenvalue weighted by molar-refractivity contribution is 5.47. The van der Waals surface area contributed by atoms with Crippen molar-refractivity contribution in [2.24, 2.45) is 5.92 Å². The Labute approximate surface area is 142 Å². The molecule has 0 aromatic heterocycles. The minimum atomic E-state index is 0.773. The SMILES string of the molecule is CNC1CCC(C[N+]2(C)CCN(c3ccc(C)cc3)CC2)CC1. The fourth-order valence-electron chi connectivity index (χ4n) is 4.40. The minimum Gasteiger partial charge on any atom is -0.360 e. The Morgan fingerprint density at radius 3 is 2.22 bits per heavy atom. The molecule has 3 nitrogen and oxygen atoms in total. The predicted molar refractivity (Wildman–Crippen MR) is 99.0 cm³/mol. The molecule has 0 amide bonds. The third-order valence-corrected chi connectivity index (χ3v) is 6.17. The molecule has 0 unspecified atom stereocenters. The Balaban J connectivity index is 1.50. The minimum absolute atomic E-state index is 0.773. The number of anilines is 1. The Morgan fingerprint density at radius 1 is 1.04 bits per heavy atom. The lowest BCUT2D eigenvalue weighted by molar-refractivity contribution is -0.913. The summed E-state index contributed by atoms with van der Waals surface area (Å²) >= 11 is 0. The van der Waals surface area contributed by atoms with E-state index < -0.39 is 0 Å². The van der Waals surface area contributed by atoms with E-state index in [-0.39, 0.29) is 0 Å². The summed E-state index contributed by atoms with van der Waals surface area (Å²) in [5.41, 5.74) is 2.75. The zero-order valence-corrected chi connectivity index (χ0v) is 15.2. The zero-order chi connectivity index (χ0) is 16.3. The number of hydrogen-bond donors (Lipinski definition) is 1. The molecule has 0 bridgehead atoms. The summed E-state index contributed by atoms with van der Waals surface area (Å²) in [5.74, 6) is 0.940.